The fourth-order valence-corrected chi connectivity index (χ4v) is 11.6. The van der Waals surface area contributed by atoms with Crippen molar-refractivity contribution in [3.05, 3.63) is 47.0 Å². The summed E-state index contributed by atoms with van der Waals surface area (Å²) in [5, 5.41) is 4.78. The van der Waals surface area contributed by atoms with E-state index in [0.29, 0.717) is 24.9 Å². The average molecular weight is 616 g/mol. The minimum Gasteiger partial charge on any atom is -0.466 e. The first-order chi connectivity index (χ1) is 21.0. The van der Waals surface area contributed by atoms with E-state index < -0.39 is 5.41 Å². The maximum Gasteiger partial charge on any atom is 0.311 e. The molecule has 0 spiro atoms. The summed E-state index contributed by atoms with van der Waals surface area (Å²) >= 11 is 0. The first kappa shape index (κ1) is 32.5. The van der Waals surface area contributed by atoms with Crippen LogP contribution >= 0.6 is 0 Å². The monoisotopic (exact) mass is 615 g/mol. The number of carbonyl (C=O) groups is 2. The van der Waals surface area contributed by atoms with Crippen LogP contribution in [0.3, 0.4) is 0 Å². The minimum atomic E-state index is -0.492. The van der Waals surface area contributed by atoms with E-state index in [2.05, 4.69) is 85.7 Å². The summed E-state index contributed by atoms with van der Waals surface area (Å²) in [6.07, 6.45) is 11.0. The second-order valence-electron chi connectivity index (χ2n) is 17.5. The van der Waals surface area contributed by atoms with Crippen molar-refractivity contribution in [2.24, 2.45) is 55.4 Å². The lowest BCUT2D eigenvalue weighted by atomic mass is 9.33. The number of rotatable bonds is 5. The summed E-state index contributed by atoms with van der Waals surface area (Å²) in [6, 6.07) is 8.41. The number of fused-ring (bicyclic) bond motifs is 7. The molecule has 5 heteroatoms. The third kappa shape index (κ3) is 4.79. The Morgan fingerprint density at radius 2 is 1.71 bits per heavy atom. The Hall–Kier alpha value is -2.43. The van der Waals surface area contributed by atoms with E-state index in [0.717, 1.165) is 69.1 Å². The van der Waals surface area contributed by atoms with Crippen molar-refractivity contribution in [3.63, 3.8) is 0 Å². The number of oxime groups is 1. The molecule has 45 heavy (non-hydrogen) atoms. The van der Waals surface area contributed by atoms with Crippen LogP contribution in [0.25, 0.3) is 0 Å². The van der Waals surface area contributed by atoms with Gasteiger partial charge in [0, 0.05) is 11.3 Å². The number of aryl methyl sites for hydroxylation is 1. The second kappa shape index (κ2) is 10.8. The fraction of sp³-hybridized carbons (Fsp3) is 0.725. The van der Waals surface area contributed by atoms with E-state index in [-0.39, 0.29) is 44.9 Å². The van der Waals surface area contributed by atoms with E-state index in [1.165, 1.54) is 11.1 Å². The number of hydrogen-bond donors (Lipinski definition) is 0. The number of esters is 1. The largest absolute Gasteiger partial charge is 0.466 e. The lowest BCUT2D eigenvalue weighted by Gasteiger charge is -2.70. The van der Waals surface area contributed by atoms with Crippen LogP contribution < -0.4 is 0 Å². The molecule has 0 amide bonds. The normalized spacial score (nSPS) is 42.9. The number of hydrogen-bond acceptors (Lipinski definition) is 5. The fourth-order valence-electron chi connectivity index (χ4n) is 11.6. The number of ketones is 1. The van der Waals surface area contributed by atoms with Gasteiger partial charge in [-0.2, -0.15) is 0 Å². The van der Waals surface area contributed by atoms with Crippen molar-refractivity contribution in [2.45, 2.75) is 127 Å². The quantitative estimate of drug-likeness (QED) is 0.245. The predicted octanol–water partition coefficient (Wildman–Crippen LogP) is 9.41. The maximum atomic E-state index is 14.7. The summed E-state index contributed by atoms with van der Waals surface area (Å²) in [6.45, 7) is 21.5. The van der Waals surface area contributed by atoms with Gasteiger partial charge in [-0.05, 0) is 124 Å². The lowest BCUT2D eigenvalue weighted by Crippen LogP contribution is -2.66. The molecule has 5 nitrogen and oxygen atoms in total. The number of ether oxygens (including phenoxy) is 1. The molecule has 0 radical (unpaired) electrons. The van der Waals surface area contributed by atoms with Gasteiger partial charge in [-0.3, -0.25) is 9.59 Å². The van der Waals surface area contributed by atoms with E-state index in [4.69, 9.17) is 14.7 Å². The Labute approximate surface area is 272 Å². The SMILES string of the molecule is CCOC(=O)[C@@]1(C)CC[C@]2(C)CC[C@]3(C)C(=CC(=O)[C@@H]4[C@@]5(C)CC/C(=N\OCc6cccc(C)c6)C(C)(C)[C@@H]5CC[C@]43C)[C@@H]2C1. The van der Waals surface area contributed by atoms with Crippen LogP contribution in [0, 0.1) is 57.2 Å². The molecule has 0 bridgehead atoms. The maximum absolute atomic E-state index is 14.7. The summed E-state index contributed by atoms with van der Waals surface area (Å²) in [5.41, 5.74) is 4.04. The highest BCUT2D eigenvalue weighted by atomic mass is 16.6. The molecule has 246 valence electrons. The van der Waals surface area contributed by atoms with Crippen molar-refractivity contribution in [1.82, 2.24) is 0 Å². The number of benzene rings is 1. The van der Waals surface area contributed by atoms with Gasteiger partial charge in [0.1, 0.15) is 6.61 Å². The van der Waals surface area contributed by atoms with Gasteiger partial charge in [-0.1, -0.05) is 82.1 Å². The molecule has 4 fully saturated rings. The molecular formula is C40H57NO4. The van der Waals surface area contributed by atoms with Crippen LogP contribution in [-0.2, 0) is 25.8 Å². The molecule has 6 rings (SSSR count). The highest BCUT2D eigenvalue weighted by Gasteiger charge is 2.70. The Kier molecular flexibility index (Phi) is 7.81. The predicted molar refractivity (Wildman–Crippen MR) is 179 cm³/mol. The van der Waals surface area contributed by atoms with Crippen LogP contribution in [0.4, 0.5) is 0 Å². The van der Waals surface area contributed by atoms with E-state index >= 15 is 0 Å². The van der Waals surface area contributed by atoms with Crippen LogP contribution in [-0.4, -0.2) is 24.1 Å². The molecule has 5 aliphatic carbocycles. The molecule has 0 heterocycles. The third-order valence-corrected chi connectivity index (χ3v) is 14.6. The second-order valence-corrected chi connectivity index (χ2v) is 17.5. The first-order valence-electron chi connectivity index (χ1n) is 17.7. The van der Waals surface area contributed by atoms with Gasteiger partial charge >= 0.3 is 5.97 Å². The van der Waals surface area contributed by atoms with Crippen LogP contribution in [0.1, 0.15) is 124 Å². The number of nitrogens with zero attached hydrogens (tertiary/aromatic N) is 1. The molecule has 1 aromatic rings. The molecule has 1 aromatic carbocycles. The topological polar surface area (TPSA) is 65.0 Å². The zero-order valence-electron chi connectivity index (χ0n) is 29.5. The molecule has 0 unspecified atom stereocenters. The van der Waals surface area contributed by atoms with Crippen LogP contribution in [0.15, 0.2) is 41.1 Å². The Balaban J connectivity index is 1.31. The summed E-state index contributed by atoms with van der Waals surface area (Å²) in [7, 11) is 0. The molecule has 0 aromatic heterocycles. The van der Waals surface area contributed by atoms with Gasteiger partial charge in [-0.25, -0.2) is 0 Å². The van der Waals surface area contributed by atoms with Gasteiger partial charge < -0.3 is 9.57 Å². The van der Waals surface area contributed by atoms with E-state index in [1.807, 2.05) is 6.92 Å². The minimum absolute atomic E-state index is 0.0177. The van der Waals surface area contributed by atoms with Crippen LogP contribution in [0.2, 0.25) is 0 Å². The van der Waals surface area contributed by atoms with Gasteiger partial charge in [0.25, 0.3) is 0 Å². The van der Waals surface area contributed by atoms with Gasteiger partial charge in [0.05, 0.1) is 17.7 Å². The van der Waals surface area contributed by atoms with Crippen LogP contribution in [0.5, 0.6) is 0 Å². The smallest absolute Gasteiger partial charge is 0.311 e. The Morgan fingerprint density at radius 1 is 0.978 bits per heavy atom. The van der Waals surface area contributed by atoms with Crippen molar-refractivity contribution in [2.75, 3.05) is 6.61 Å². The summed E-state index contributed by atoms with van der Waals surface area (Å²) in [5.74, 6) is 0.839. The van der Waals surface area contributed by atoms with Crippen molar-refractivity contribution in [3.8, 4) is 0 Å². The highest BCUT2D eigenvalue weighted by Crippen LogP contribution is 2.75. The summed E-state index contributed by atoms with van der Waals surface area (Å²) in [4.78, 5) is 33.9. The molecule has 8 atom stereocenters. The number of carbonyl (C=O) groups excluding carboxylic acids is 2. The standard InChI is InChI=1S/C40H57NO4/c1-10-44-34(43)37(6)19-18-36(5)20-21-39(8)28(29(36)24-37)23-30(42)33-38(7)16-15-32(35(3,4)31(38)14-17-40(33,39)9)41-45-25-27-13-11-12-26(2)22-27/h11-13,22-23,29,31,33H,10,14-21,24-25H2,1-9H3/b41-32+/t29-,31-,33+,36+,37-,38-,39+,40+/m0/s1. The van der Waals surface area contributed by atoms with Gasteiger partial charge in [0.15, 0.2) is 5.78 Å². The Bertz CT molecular complexity index is 1440. The summed E-state index contributed by atoms with van der Waals surface area (Å²) < 4.78 is 5.59. The molecule has 4 saturated carbocycles. The van der Waals surface area contributed by atoms with E-state index in [9.17, 15) is 9.59 Å². The number of allylic oxidation sites excluding steroid dienone is 2. The lowest BCUT2D eigenvalue weighted by molar-refractivity contribution is -0.177. The van der Waals surface area contributed by atoms with E-state index in [1.54, 1.807) is 0 Å². The highest BCUT2D eigenvalue weighted by molar-refractivity contribution is 5.97. The first-order valence-corrected chi connectivity index (χ1v) is 17.7. The molecular weight excluding hydrogens is 558 g/mol. The third-order valence-electron chi connectivity index (χ3n) is 14.6. The van der Waals surface area contributed by atoms with Crippen molar-refractivity contribution >= 4 is 17.5 Å². The van der Waals surface area contributed by atoms with Crippen molar-refractivity contribution < 1.29 is 19.2 Å². The molecule has 0 N–H and O–H groups in total. The van der Waals surface area contributed by atoms with Gasteiger partial charge in [-0.15, -0.1) is 0 Å². The van der Waals surface area contributed by atoms with Gasteiger partial charge in [0.2, 0.25) is 0 Å². The molecule has 0 saturated heterocycles. The zero-order valence-corrected chi connectivity index (χ0v) is 29.5. The average Bonchev–Trinajstić information content (AvgIpc) is 2.96. The van der Waals surface area contributed by atoms with Crippen molar-refractivity contribution in [1.29, 1.82) is 0 Å². The molecule has 5 aliphatic rings. The zero-order chi connectivity index (χ0) is 32.6. The molecule has 0 aliphatic heterocycles. The Morgan fingerprint density at radius 3 is 2.42 bits per heavy atom.